The molecule has 0 aromatic rings. The van der Waals surface area contributed by atoms with Crippen molar-refractivity contribution in [2.24, 2.45) is 0 Å². The Balaban J connectivity index is 2.48. The van der Waals surface area contributed by atoms with Gasteiger partial charge in [-0.1, -0.05) is 0 Å². The van der Waals surface area contributed by atoms with Gasteiger partial charge in [0.2, 0.25) is 5.78 Å². The fourth-order valence-electron chi connectivity index (χ4n) is 0.836. The molecule has 0 unspecified atom stereocenters. The molecule has 4 heteroatoms. The zero-order valence-electron chi connectivity index (χ0n) is 7.28. The third-order valence-electron chi connectivity index (χ3n) is 1.46. The van der Waals surface area contributed by atoms with Crippen LogP contribution in [0.5, 0.6) is 0 Å². The number of hydrogen-bond acceptors (Lipinski definition) is 4. The van der Waals surface area contributed by atoms with Crippen LogP contribution in [-0.4, -0.2) is 31.9 Å². The van der Waals surface area contributed by atoms with E-state index in [4.69, 9.17) is 9.47 Å². The van der Waals surface area contributed by atoms with E-state index in [0.29, 0.717) is 6.61 Å². The molecule has 1 aliphatic carbocycles. The molecule has 0 N–H and O–H groups in total. The minimum absolute atomic E-state index is 0.0875. The van der Waals surface area contributed by atoms with E-state index in [2.05, 4.69) is 0 Å². The molecule has 4 nitrogen and oxygen atoms in total. The van der Waals surface area contributed by atoms with Crippen molar-refractivity contribution in [1.82, 2.24) is 0 Å². The van der Waals surface area contributed by atoms with Gasteiger partial charge in [0.15, 0.2) is 11.5 Å². The topological polar surface area (TPSA) is 52.6 Å². The van der Waals surface area contributed by atoms with Crippen LogP contribution in [0.3, 0.4) is 0 Å². The summed E-state index contributed by atoms with van der Waals surface area (Å²) in [5.74, 6) is -0.424. The van der Waals surface area contributed by atoms with Crippen molar-refractivity contribution in [3.8, 4) is 0 Å². The number of rotatable bonds is 4. The molecule has 1 rings (SSSR count). The van der Waals surface area contributed by atoms with Crippen molar-refractivity contribution in [2.45, 2.75) is 0 Å². The minimum Gasteiger partial charge on any atom is -0.487 e. The highest BCUT2D eigenvalue weighted by atomic mass is 16.5. The Bertz CT molecular complexity index is 275. The third kappa shape index (κ3) is 2.83. The summed E-state index contributed by atoms with van der Waals surface area (Å²) in [7, 11) is 1.53. The van der Waals surface area contributed by atoms with Crippen molar-refractivity contribution in [3.63, 3.8) is 0 Å². The number of methoxy groups -OCH3 is 1. The van der Waals surface area contributed by atoms with Gasteiger partial charge in [-0.2, -0.15) is 0 Å². The molecule has 0 fully saturated rings. The van der Waals surface area contributed by atoms with E-state index >= 15 is 0 Å². The standard InChI is InChI=1S/C9H10O4/c1-12-4-5-13-9-6-7(10)2-3-8(9)11/h2-3,6H,4-5H2,1H3. The lowest BCUT2D eigenvalue weighted by Gasteiger charge is -2.08. The quantitative estimate of drug-likeness (QED) is 0.461. The molecule has 13 heavy (non-hydrogen) atoms. The van der Waals surface area contributed by atoms with Gasteiger partial charge in [0.05, 0.1) is 6.61 Å². The van der Waals surface area contributed by atoms with Crippen LogP contribution in [0.15, 0.2) is 24.0 Å². The second-order valence-corrected chi connectivity index (χ2v) is 2.45. The van der Waals surface area contributed by atoms with Crippen LogP contribution in [0.4, 0.5) is 0 Å². The maximum absolute atomic E-state index is 11.1. The van der Waals surface area contributed by atoms with E-state index in [1.807, 2.05) is 0 Å². The molecular formula is C9H10O4. The summed E-state index contributed by atoms with van der Waals surface area (Å²) < 4.78 is 9.75. The largest absolute Gasteiger partial charge is 0.487 e. The molecule has 0 aliphatic heterocycles. The molecule has 0 spiro atoms. The van der Waals surface area contributed by atoms with Gasteiger partial charge in [0, 0.05) is 13.2 Å². The van der Waals surface area contributed by atoms with E-state index in [9.17, 15) is 9.59 Å². The molecule has 0 aromatic heterocycles. The smallest absolute Gasteiger partial charge is 0.220 e. The zero-order valence-corrected chi connectivity index (χ0v) is 7.28. The van der Waals surface area contributed by atoms with Crippen LogP contribution < -0.4 is 0 Å². The number of ether oxygens (including phenoxy) is 2. The summed E-state index contributed by atoms with van der Waals surface area (Å²) in [5.41, 5.74) is 0. The molecule has 0 radical (unpaired) electrons. The Labute approximate surface area is 75.8 Å². The summed E-state index contributed by atoms with van der Waals surface area (Å²) in [4.78, 5) is 21.9. The van der Waals surface area contributed by atoms with Crippen LogP contribution >= 0.6 is 0 Å². The Morgan fingerprint density at radius 3 is 2.69 bits per heavy atom. The molecule has 70 valence electrons. The number of hydrogen-bond donors (Lipinski definition) is 0. The Morgan fingerprint density at radius 1 is 1.23 bits per heavy atom. The fraction of sp³-hybridized carbons (Fsp3) is 0.333. The predicted octanol–water partition coefficient (Wildman–Crippen LogP) is 0.241. The molecule has 0 amide bonds. The van der Waals surface area contributed by atoms with E-state index in [-0.39, 0.29) is 23.9 Å². The summed E-state index contributed by atoms with van der Waals surface area (Å²) >= 11 is 0. The maximum Gasteiger partial charge on any atom is 0.220 e. The molecule has 1 aliphatic rings. The lowest BCUT2D eigenvalue weighted by atomic mass is 10.1. The van der Waals surface area contributed by atoms with Gasteiger partial charge in [-0.3, -0.25) is 9.59 Å². The first-order valence-corrected chi connectivity index (χ1v) is 3.84. The minimum atomic E-state index is -0.282. The number of allylic oxidation sites excluding steroid dienone is 3. The summed E-state index contributed by atoms with van der Waals surface area (Å²) in [6.07, 6.45) is 3.59. The van der Waals surface area contributed by atoms with Crippen molar-refractivity contribution < 1.29 is 19.1 Å². The number of ketones is 2. The molecule has 0 bridgehead atoms. The SMILES string of the molecule is COCCOC1=CC(=O)C=CC1=O. The molecule has 0 aromatic carbocycles. The zero-order chi connectivity index (χ0) is 9.68. The Morgan fingerprint density at radius 2 is 2.00 bits per heavy atom. The highest BCUT2D eigenvalue weighted by molar-refractivity contribution is 6.16. The van der Waals surface area contributed by atoms with Gasteiger partial charge in [0.25, 0.3) is 0 Å². The van der Waals surface area contributed by atoms with Crippen LogP contribution in [0.1, 0.15) is 0 Å². The summed E-state index contributed by atoms with van der Waals surface area (Å²) in [6.45, 7) is 0.664. The number of carbonyl (C=O) groups excluding carboxylic acids is 2. The average Bonchev–Trinajstić information content (AvgIpc) is 2.11. The van der Waals surface area contributed by atoms with Crippen LogP contribution in [-0.2, 0) is 19.1 Å². The van der Waals surface area contributed by atoms with Gasteiger partial charge >= 0.3 is 0 Å². The predicted molar refractivity (Wildman–Crippen MR) is 45.1 cm³/mol. The molecule has 0 atom stereocenters. The average molecular weight is 182 g/mol. The van der Waals surface area contributed by atoms with Gasteiger partial charge in [0.1, 0.15) is 6.61 Å². The molecular weight excluding hydrogens is 172 g/mol. The van der Waals surface area contributed by atoms with Crippen LogP contribution in [0.2, 0.25) is 0 Å². The Hall–Kier alpha value is -1.42. The van der Waals surface area contributed by atoms with E-state index in [0.717, 1.165) is 0 Å². The van der Waals surface area contributed by atoms with Gasteiger partial charge in [-0.25, -0.2) is 0 Å². The number of carbonyl (C=O) groups is 2. The third-order valence-corrected chi connectivity index (χ3v) is 1.46. The molecule has 0 heterocycles. The lowest BCUT2D eigenvalue weighted by Crippen LogP contribution is -2.12. The summed E-state index contributed by atoms with van der Waals surface area (Å²) in [5, 5.41) is 0. The van der Waals surface area contributed by atoms with Gasteiger partial charge < -0.3 is 9.47 Å². The first-order valence-electron chi connectivity index (χ1n) is 3.84. The van der Waals surface area contributed by atoms with Crippen LogP contribution in [0.25, 0.3) is 0 Å². The van der Waals surface area contributed by atoms with E-state index < -0.39 is 0 Å². The second-order valence-electron chi connectivity index (χ2n) is 2.45. The summed E-state index contributed by atoms with van der Waals surface area (Å²) in [6, 6.07) is 0. The highest BCUT2D eigenvalue weighted by Gasteiger charge is 2.13. The van der Waals surface area contributed by atoms with Crippen molar-refractivity contribution >= 4 is 11.6 Å². The van der Waals surface area contributed by atoms with Crippen LogP contribution in [0, 0.1) is 0 Å². The maximum atomic E-state index is 11.1. The van der Waals surface area contributed by atoms with Gasteiger partial charge in [-0.15, -0.1) is 0 Å². The van der Waals surface area contributed by atoms with Gasteiger partial charge in [-0.05, 0) is 12.2 Å². The van der Waals surface area contributed by atoms with Crippen molar-refractivity contribution in [2.75, 3.05) is 20.3 Å². The Kier molecular flexibility index (Phi) is 3.40. The van der Waals surface area contributed by atoms with Crippen molar-refractivity contribution in [1.29, 1.82) is 0 Å². The van der Waals surface area contributed by atoms with Crippen molar-refractivity contribution in [3.05, 3.63) is 24.0 Å². The first kappa shape index (κ1) is 9.67. The normalized spacial score (nSPS) is 15.9. The lowest BCUT2D eigenvalue weighted by molar-refractivity contribution is -0.117. The fourth-order valence-corrected chi connectivity index (χ4v) is 0.836. The molecule has 0 saturated heterocycles. The highest BCUT2D eigenvalue weighted by Crippen LogP contribution is 2.06. The monoisotopic (exact) mass is 182 g/mol. The van der Waals surface area contributed by atoms with E-state index in [1.165, 1.54) is 25.3 Å². The first-order chi connectivity index (χ1) is 6.24. The second kappa shape index (κ2) is 4.57. The van der Waals surface area contributed by atoms with E-state index in [1.54, 1.807) is 0 Å². The molecule has 0 saturated carbocycles.